The maximum atomic E-state index is 12.1. The summed E-state index contributed by atoms with van der Waals surface area (Å²) in [6.07, 6.45) is 0. The van der Waals surface area contributed by atoms with Crippen molar-refractivity contribution in [2.45, 2.75) is 4.90 Å². The number of carbonyl (C=O) groups excluding carboxylic acids is 1. The van der Waals surface area contributed by atoms with Gasteiger partial charge < -0.3 is 0 Å². The van der Waals surface area contributed by atoms with Crippen LogP contribution in [0.4, 0.5) is 0 Å². The quantitative estimate of drug-likeness (QED) is 0.902. The van der Waals surface area contributed by atoms with Crippen LogP contribution in [-0.4, -0.2) is 14.3 Å². The molecule has 0 radical (unpaired) electrons. The number of sulfonamides is 1. The van der Waals surface area contributed by atoms with Crippen LogP contribution in [0, 0.1) is 0 Å². The van der Waals surface area contributed by atoms with Gasteiger partial charge in [0, 0.05) is 5.02 Å². The minimum absolute atomic E-state index is 0.00306. The van der Waals surface area contributed by atoms with Crippen LogP contribution < -0.4 is 4.72 Å². The highest BCUT2D eigenvalue weighted by atomic mass is 35.5. The van der Waals surface area contributed by atoms with Crippen LogP contribution in [0.25, 0.3) is 0 Å². The predicted octanol–water partition coefficient (Wildman–Crippen LogP) is 3.77. The monoisotopic (exact) mass is 363 g/mol. The molecule has 110 valence electrons. The van der Waals surface area contributed by atoms with E-state index >= 15 is 0 Å². The van der Waals surface area contributed by atoms with Gasteiger partial charge in [0.25, 0.3) is 15.9 Å². The molecule has 8 heteroatoms. The van der Waals surface area contributed by atoms with Gasteiger partial charge in [-0.1, -0.05) is 46.9 Å². The summed E-state index contributed by atoms with van der Waals surface area (Å²) in [4.78, 5) is 11.8. The lowest BCUT2D eigenvalue weighted by Crippen LogP contribution is -2.31. The van der Waals surface area contributed by atoms with E-state index in [4.69, 9.17) is 34.8 Å². The second kappa shape index (κ2) is 6.23. The first-order chi connectivity index (χ1) is 9.81. The number of nitrogens with one attached hydrogen (secondary N) is 1. The van der Waals surface area contributed by atoms with Crippen LogP contribution >= 0.6 is 34.8 Å². The van der Waals surface area contributed by atoms with Crippen LogP contribution in [0.2, 0.25) is 15.1 Å². The molecule has 0 fully saturated rings. The van der Waals surface area contributed by atoms with E-state index in [1.807, 2.05) is 4.72 Å². The van der Waals surface area contributed by atoms with Crippen LogP contribution in [0.3, 0.4) is 0 Å². The van der Waals surface area contributed by atoms with Crippen LogP contribution in [0.1, 0.15) is 10.4 Å². The number of amides is 1. The highest BCUT2D eigenvalue weighted by Crippen LogP contribution is 2.23. The van der Waals surface area contributed by atoms with E-state index in [9.17, 15) is 13.2 Å². The summed E-state index contributed by atoms with van der Waals surface area (Å²) in [5.41, 5.74) is -0.00306. The highest BCUT2D eigenvalue weighted by Gasteiger charge is 2.22. The van der Waals surface area contributed by atoms with Crippen LogP contribution in [0.15, 0.2) is 47.4 Å². The molecular weight excluding hydrogens is 357 g/mol. The molecule has 0 unspecified atom stereocenters. The lowest BCUT2D eigenvalue weighted by Gasteiger charge is -2.09. The van der Waals surface area contributed by atoms with E-state index in [0.29, 0.717) is 5.02 Å². The number of benzene rings is 2. The fraction of sp³-hybridized carbons (Fsp3) is 0. The molecule has 4 nitrogen and oxygen atoms in total. The Morgan fingerprint density at radius 2 is 1.62 bits per heavy atom. The molecule has 0 aliphatic carbocycles. The molecular formula is C13H8Cl3NO3S. The minimum atomic E-state index is -4.09. The van der Waals surface area contributed by atoms with E-state index in [0.717, 1.165) is 0 Å². The molecule has 2 aromatic carbocycles. The topological polar surface area (TPSA) is 63.2 Å². The number of hydrogen-bond donors (Lipinski definition) is 1. The lowest BCUT2D eigenvalue weighted by molar-refractivity contribution is 0.0981. The minimum Gasteiger partial charge on any atom is -0.268 e. The number of hydrogen-bond acceptors (Lipinski definition) is 3. The Bertz CT molecular complexity index is 806. The van der Waals surface area contributed by atoms with Gasteiger partial charge in [-0.15, -0.1) is 0 Å². The largest absolute Gasteiger partial charge is 0.268 e. The summed E-state index contributed by atoms with van der Waals surface area (Å²) in [7, 11) is -4.09. The molecule has 2 rings (SSSR count). The molecule has 0 heterocycles. The van der Waals surface area contributed by atoms with Crippen LogP contribution in [-0.2, 0) is 10.0 Å². The molecule has 0 saturated carbocycles. The summed E-state index contributed by atoms with van der Waals surface area (Å²) >= 11 is 17.4. The smallest absolute Gasteiger partial charge is 0.266 e. The van der Waals surface area contributed by atoms with Crippen molar-refractivity contribution in [2.75, 3.05) is 0 Å². The lowest BCUT2D eigenvalue weighted by atomic mass is 10.2. The Balaban J connectivity index is 2.33. The van der Waals surface area contributed by atoms with Gasteiger partial charge in [-0.25, -0.2) is 13.1 Å². The number of rotatable bonds is 3. The fourth-order valence-electron chi connectivity index (χ4n) is 1.57. The standard InChI is InChI=1S/C13H8Cl3NO3S/c14-8-5-6-9(11(16)7-8)13(18)17-21(19,20)12-4-2-1-3-10(12)15/h1-7H,(H,17,18). The molecule has 2 aromatic rings. The van der Waals surface area contributed by atoms with Crippen molar-refractivity contribution < 1.29 is 13.2 Å². The normalized spacial score (nSPS) is 11.2. The van der Waals surface area contributed by atoms with Crippen molar-refractivity contribution in [1.29, 1.82) is 0 Å². The van der Waals surface area contributed by atoms with Crippen molar-refractivity contribution in [3.05, 3.63) is 63.1 Å². The first kappa shape index (κ1) is 16.1. The molecule has 0 aliphatic rings. The Hall–Kier alpha value is -1.27. The summed E-state index contributed by atoms with van der Waals surface area (Å²) in [5, 5.41) is 0.403. The zero-order valence-corrected chi connectivity index (χ0v) is 13.4. The van der Waals surface area contributed by atoms with Gasteiger partial charge in [0.05, 0.1) is 15.6 Å². The van der Waals surface area contributed by atoms with E-state index in [1.165, 1.54) is 36.4 Å². The SMILES string of the molecule is O=C(NS(=O)(=O)c1ccccc1Cl)c1ccc(Cl)cc1Cl. The van der Waals surface area contributed by atoms with Gasteiger partial charge in [-0.05, 0) is 30.3 Å². The van der Waals surface area contributed by atoms with Gasteiger partial charge in [-0.2, -0.15) is 0 Å². The molecule has 0 atom stereocenters. The third kappa shape index (κ3) is 3.68. The predicted molar refractivity (Wildman–Crippen MR) is 82.6 cm³/mol. The maximum Gasteiger partial charge on any atom is 0.266 e. The average Bonchev–Trinajstić information content (AvgIpc) is 2.38. The van der Waals surface area contributed by atoms with Crippen molar-refractivity contribution in [3.8, 4) is 0 Å². The molecule has 1 amide bonds. The zero-order chi connectivity index (χ0) is 15.6. The summed E-state index contributed by atoms with van der Waals surface area (Å²) in [5.74, 6) is -0.864. The Morgan fingerprint density at radius 1 is 0.952 bits per heavy atom. The molecule has 0 aromatic heterocycles. The first-order valence-corrected chi connectivity index (χ1v) is 8.20. The first-order valence-electron chi connectivity index (χ1n) is 5.58. The average molecular weight is 365 g/mol. The van der Waals surface area contributed by atoms with E-state index in [2.05, 4.69) is 0 Å². The van der Waals surface area contributed by atoms with Gasteiger partial charge in [0.2, 0.25) is 0 Å². The fourth-order valence-corrected chi connectivity index (χ4v) is 3.55. The Labute approximate surface area is 136 Å². The van der Waals surface area contributed by atoms with Gasteiger partial charge in [-0.3, -0.25) is 4.79 Å². The molecule has 0 spiro atoms. The van der Waals surface area contributed by atoms with E-state index in [-0.39, 0.29) is 20.5 Å². The van der Waals surface area contributed by atoms with Crippen LogP contribution in [0.5, 0.6) is 0 Å². The highest BCUT2D eigenvalue weighted by molar-refractivity contribution is 7.90. The van der Waals surface area contributed by atoms with Gasteiger partial charge in [0.15, 0.2) is 0 Å². The third-order valence-corrected chi connectivity index (χ3v) is 4.91. The second-order valence-corrected chi connectivity index (χ2v) is 6.89. The summed E-state index contributed by atoms with van der Waals surface area (Å²) < 4.78 is 26.2. The molecule has 0 aliphatic heterocycles. The van der Waals surface area contributed by atoms with Crippen molar-refractivity contribution in [2.24, 2.45) is 0 Å². The molecule has 0 bridgehead atoms. The molecule has 21 heavy (non-hydrogen) atoms. The van der Waals surface area contributed by atoms with E-state index in [1.54, 1.807) is 6.07 Å². The van der Waals surface area contributed by atoms with E-state index < -0.39 is 15.9 Å². The summed E-state index contributed by atoms with van der Waals surface area (Å²) in [6, 6.07) is 9.91. The summed E-state index contributed by atoms with van der Waals surface area (Å²) in [6.45, 7) is 0. The molecule has 1 N–H and O–H groups in total. The number of carbonyl (C=O) groups is 1. The van der Waals surface area contributed by atoms with Crippen molar-refractivity contribution in [1.82, 2.24) is 4.72 Å². The van der Waals surface area contributed by atoms with Crippen molar-refractivity contribution in [3.63, 3.8) is 0 Å². The zero-order valence-electron chi connectivity index (χ0n) is 10.3. The Kier molecular flexibility index (Phi) is 4.78. The Morgan fingerprint density at radius 3 is 2.24 bits per heavy atom. The molecule has 0 saturated heterocycles. The maximum absolute atomic E-state index is 12.1. The van der Waals surface area contributed by atoms with Gasteiger partial charge >= 0.3 is 0 Å². The van der Waals surface area contributed by atoms with Crippen molar-refractivity contribution >= 4 is 50.7 Å². The number of halogens is 3. The second-order valence-electron chi connectivity index (χ2n) is 3.99. The third-order valence-electron chi connectivity index (χ3n) is 2.53. The van der Waals surface area contributed by atoms with Gasteiger partial charge in [0.1, 0.15) is 4.90 Å².